The maximum atomic E-state index is 12.7. The molecule has 0 unspecified atom stereocenters. The van der Waals surface area contributed by atoms with Gasteiger partial charge in [0.2, 0.25) is 5.91 Å². The lowest BCUT2D eigenvalue weighted by atomic mass is 10.1. The Labute approximate surface area is 150 Å². The van der Waals surface area contributed by atoms with Crippen molar-refractivity contribution in [3.05, 3.63) is 66.2 Å². The van der Waals surface area contributed by atoms with E-state index in [1.807, 2.05) is 48.5 Å². The van der Waals surface area contributed by atoms with Crippen molar-refractivity contribution in [1.29, 1.82) is 0 Å². The molecule has 1 N–H and O–H groups in total. The summed E-state index contributed by atoms with van der Waals surface area (Å²) < 4.78 is 0. The number of amides is 1. The molecule has 0 aromatic heterocycles. The molecule has 0 aliphatic carbocycles. The van der Waals surface area contributed by atoms with Crippen LogP contribution in [0.2, 0.25) is 0 Å². The second-order valence-corrected chi connectivity index (χ2v) is 7.11. The summed E-state index contributed by atoms with van der Waals surface area (Å²) in [5.41, 5.74) is 1.05. The van der Waals surface area contributed by atoms with Crippen molar-refractivity contribution in [2.75, 3.05) is 6.54 Å². The van der Waals surface area contributed by atoms with Crippen LogP contribution in [-0.2, 0) is 4.79 Å². The Morgan fingerprint density at radius 2 is 1.54 bits per heavy atom. The highest BCUT2D eigenvalue weighted by atomic mass is 32.2. The fraction of sp³-hybridized carbons (Fsp3) is 0.381. The second kappa shape index (κ2) is 10.9. The third-order valence-corrected chi connectivity index (χ3v) is 5.18. The molecule has 0 heterocycles. The summed E-state index contributed by atoms with van der Waals surface area (Å²) in [5, 5.41) is 2.91. The molecule has 0 spiro atoms. The van der Waals surface area contributed by atoms with Crippen molar-refractivity contribution in [2.24, 2.45) is 0 Å². The van der Waals surface area contributed by atoms with Gasteiger partial charge in [-0.15, -0.1) is 11.8 Å². The highest BCUT2D eigenvalue weighted by Gasteiger charge is 2.21. The summed E-state index contributed by atoms with van der Waals surface area (Å²) >= 11 is 1.61. The van der Waals surface area contributed by atoms with Crippen molar-refractivity contribution in [3.63, 3.8) is 0 Å². The Morgan fingerprint density at radius 1 is 0.917 bits per heavy atom. The van der Waals surface area contributed by atoms with Gasteiger partial charge in [0.15, 0.2) is 0 Å². The van der Waals surface area contributed by atoms with E-state index in [9.17, 15) is 4.79 Å². The minimum atomic E-state index is -0.204. The highest BCUT2D eigenvalue weighted by Crippen LogP contribution is 2.35. The number of rotatable bonds is 10. The van der Waals surface area contributed by atoms with Crippen LogP contribution in [0.25, 0.3) is 0 Å². The van der Waals surface area contributed by atoms with E-state index in [1.54, 1.807) is 11.8 Å². The Kier molecular flexibility index (Phi) is 8.47. The molecule has 2 aromatic carbocycles. The molecule has 0 aliphatic heterocycles. The smallest absolute Gasteiger partial charge is 0.237 e. The van der Waals surface area contributed by atoms with E-state index in [2.05, 4.69) is 24.4 Å². The number of unbranched alkanes of at least 4 members (excludes halogenated alkanes) is 4. The molecular formula is C21H27NOS. The largest absolute Gasteiger partial charge is 0.355 e. The van der Waals surface area contributed by atoms with Crippen molar-refractivity contribution >= 4 is 17.7 Å². The van der Waals surface area contributed by atoms with Gasteiger partial charge < -0.3 is 5.32 Å². The number of nitrogens with one attached hydrogen (secondary N) is 1. The van der Waals surface area contributed by atoms with E-state index in [0.717, 1.165) is 23.4 Å². The van der Waals surface area contributed by atoms with Gasteiger partial charge in [-0.3, -0.25) is 4.79 Å². The molecule has 128 valence electrons. The fourth-order valence-corrected chi connectivity index (χ4v) is 3.64. The standard InChI is InChI=1S/C21H27NOS/c1-2-3-4-5-12-17-22-21(23)20(18-13-8-6-9-14-18)24-19-15-10-7-11-16-19/h6-11,13-16,20H,2-5,12,17H2,1H3,(H,22,23)/t20-/m1/s1. The first-order chi connectivity index (χ1) is 11.8. The van der Waals surface area contributed by atoms with Crippen molar-refractivity contribution < 1.29 is 4.79 Å². The van der Waals surface area contributed by atoms with Gasteiger partial charge in [-0.05, 0) is 24.1 Å². The number of hydrogen-bond donors (Lipinski definition) is 1. The van der Waals surface area contributed by atoms with E-state index in [1.165, 1.54) is 25.7 Å². The zero-order chi connectivity index (χ0) is 17.0. The zero-order valence-electron chi connectivity index (χ0n) is 14.4. The molecule has 0 aliphatic rings. The van der Waals surface area contributed by atoms with E-state index in [4.69, 9.17) is 0 Å². The number of hydrogen-bond acceptors (Lipinski definition) is 2. The van der Waals surface area contributed by atoms with Crippen LogP contribution in [0.3, 0.4) is 0 Å². The lowest BCUT2D eigenvalue weighted by Crippen LogP contribution is -2.28. The Balaban J connectivity index is 1.94. The monoisotopic (exact) mass is 341 g/mol. The van der Waals surface area contributed by atoms with Crippen molar-refractivity contribution in [1.82, 2.24) is 5.32 Å². The Bertz CT molecular complexity index is 585. The van der Waals surface area contributed by atoms with Gasteiger partial charge >= 0.3 is 0 Å². The molecule has 2 nitrogen and oxygen atoms in total. The average molecular weight is 342 g/mol. The third-order valence-electron chi connectivity index (χ3n) is 3.92. The number of carbonyl (C=O) groups excluding carboxylic acids is 1. The van der Waals surface area contributed by atoms with Crippen LogP contribution in [0.15, 0.2) is 65.6 Å². The highest BCUT2D eigenvalue weighted by molar-refractivity contribution is 8.00. The molecule has 0 bridgehead atoms. The zero-order valence-corrected chi connectivity index (χ0v) is 15.2. The number of benzene rings is 2. The van der Waals surface area contributed by atoms with Gasteiger partial charge in [0.05, 0.1) is 0 Å². The first-order valence-electron chi connectivity index (χ1n) is 8.85. The van der Waals surface area contributed by atoms with E-state index in [-0.39, 0.29) is 11.2 Å². The van der Waals surface area contributed by atoms with Gasteiger partial charge in [-0.2, -0.15) is 0 Å². The van der Waals surface area contributed by atoms with Crippen LogP contribution >= 0.6 is 11.8 Å². The summed E-state index contributed by atoms with van der Waals surface area (Å²) in [6.07, 6.45) is 6.03. The molecule has 0 fully saturated rings. The maximum Gasteiger partial charge on any atom is 0.237 e. The van der Waals surface area contributed by atoms with Gasteiger partial charge in [-0.1, -0.05) is 81.1 Å². The van der Waals surface area contributed by atoms with E-state index < -0.39 is 0 Å². The summed E-state index contributed by atoms with van der Waals surface area (Å²) in [4.78, 5) is 13.8. The van der Waals surface area contributed by atoms with Crippen molar-refractivity contribution in [2.45, 2.75) is 49.2 Å². The Hall–Kier alpha value is -1.74. The van der Waals surface area contributed by atoms with Crippen LogP contribution in [-0.4, -0.2) is 12.5 Å². The van der Waals surface area contributed by atoms with Crippen LogP contribution in [0.4, 0.5) is 0 Å². The van der Waals surface area contributed by atoms with Crippen LogP contribution in [0.5, 0.6) is 0 Å². The SMILES string of the molecule is CCCCCCCNC(=O)[C@H](Sc1ccccc1)c1ccccc1. The minimum Gasteiger partial charge on any atom is -0.355 e. The molecule has 0 radical (unpaired) electrons. The minimum absolute atomic E-state index is 0.102. The lowest BCUT2D eigenvalue weighted by molar-refractivity contribution is -0.120. The first kappa shape index (κ1) is 18.6. The summed E-state index contributed by atoms with van der Waals surface area (Å²) in [6, 6.07) is 20.2. The average Bonchev–Trinajstić information content (AvgIpc) is 2.64. The molecule has 2 rings (SSSR count). The molecule has 24 heavy (non-hydrogen) atoms. The summed E-state index contributed by atoms with van der Waals surface area (Å²) in [5.74, 6) is 0.102. The maximum absolute atomic E-state index is 12.7. The Morgan fingerprint density at radius 3 is 2.21 bits per heavy atom. The third kappa shape index (κ3) is 6.40. The second-order valence-electron chi connectivity index (χ2n) is 5.93. The molecule has 1 amide bonds. The normalized spacial score (nSPS) is 11.9. The molecule has 0 saturated carbocycles. The van der Waals surface area contributed by atoms with Crippen LogP contribution < -0.4 is 5.32 Å². The molecular weight excluding hydrogens is 314 g/mol. The molecule has 0 saturated heterocycles. The predicted octanol–water partition coefficient (Wildman–Crippen LogP) is 5.61. The van der Waals surface area contributed by atoms with E-state index in [0.29, 0.717) is 0 Å². The first-order valence-corrected chi connectivity index (χ1v) is 9.73. The van der Waals surface area contributed by atoms with E-state index >= 15 is 0 Å². The van der Waals surface area contributed by atoms with Crippen LogP contribution in [0.1, 0.15) is 49.8 Å². The molecule has 1 atom stereocenters. The molecule has 2 aromatic rings. The molecule has 3 heteroatoms. The van der Waals surface area contributed by atoms with Gasteiger partial charge in [0.25, 0.3) is 0 Å². The number of thioether (sulfide) groups is 1. The van der Waals surface area contributed by atoms with Gasteiger partial charge in [-0.25, -0.2) is 0 Å². The summed E-state index contributed by atoms with van der Waals surface area (Å²) in [6.45, 7) is 2.98. The quantitative estimate of drug-likeness (QED) is 0.450. The van der Waals surface area contributed by atoms with Crippen molar-refractivity contribution in [3.8, 4) is 0 Å². The van der Waals surface area contributed by atoms with Crippen LogP contribution in [0, 0.1) is 0 Å². The van der Waals surface area contributed by atoms with Gasteiger partial charge in [0.1, 0.15) is 5.25 Å². The predicted molar refractivity (Wildman–Crippen MR) is 103 cm³/mol. The topological polar surface area (TPSA) is 29.1 Å². The lowest BCUT2D eigenvalue weighted by Gasteiger charge is -2.17. The summed E-state index contributed by atoms with van der Waals surface area (Å²) in [7, 11) is 0. The number of carbonyl (C=O) groups is 1. The fourth-order valence-electron chi connectivity index (χ4n) is 2.57. The van der Waals surface area contributed by atoms with Gasteiger partial charge in [0, 0.05) is 11.4 Å².